The van der Waals surface area contributed by atoms with Gasteiger partial charge in [-0.15, -0.1) is 11.3 Å². The van der Waals surface area contributed by atoms with Gasteiger partial charge in [0.2, 0.25) is 0 Å². The Bertz CT molecular complexity index is 3220. The third-order valence-corrected chi connectivity index (χ3v) is 13.8. The largest absolute Gasteiger partial charge is 0.307 e. The number of allylic oxidation sites excluding steroid dienone is 10. The molecule has 4 nitrogen and oxygen atoms in total. The van der Waals surface area contributed by atoms with Crippen molar-refractivity contribution in [3.63, 3.8) is 0 Å². The van der Waals surface area contributed by atoms with E-state index in [9.17, 15) is 0 Å². The van der Waals surface area contributed by atoms with Crippen molar-refractivity contribution in [3.8, 4) is 28.2 Å². The topological polar surface area (TPSA) is 43.6 Å². The van der Waals surface area contributed by atoms with Crippen molar-refractivity contribution in [1.82, 2.24) is 19.5 Å². The van der Waals surface area contributed by atoms with Gasteiger partial charge >= 0.3 is 0 Å². The Balaban J connectivity index is 1.21. The van der Waals surface area contributed by atoms with Crippen molar-refractivity contribution >= 4 is 60.1 Å². The number of hydrogen-bond donors (Lipinski definition) is 0. The summed E-state index contributed by atoms with van der Waals surface area (Å²) in [6, 6.07) is 39.1. The van der Waals surface area contributed by atoms with Crippen LogP contribution in [0.3, 0.4) is 0 Å². The van der Waals surface area contributed by atoms with Crippen molar-refractivity contribution in [2.75, 3.05) is 0 Å². The molecule has 5 heteroatoms. The van der Waals surface area contributed by atoms with Gasteiger partial charge in [0.15, 0.2) is 5.82 Å². The minimum Gasteiger partial charge on any atom is -0.307 e. The molecule has 0 N–H and O–H groups in total. The Labute approximate surface area is 355 Å². The number of rotatable bonds is 7. The number of thiazole rings is 1. The summed E-state index contributed by atoms with van der Waals surface area (Å²) in [6.45, 7) is 9.46. The van der Waals surface area contributed by atoms with E-state index >= 15 is 0 Å². The van der Waals surface area contributed by atoms with Gasteiger partial charge in [0.25, 0.3) is 0 Å². The molecular formula is C55H44N4S. The average Bonchev–Trinajstić information content (AvgIpc) is 3.89. The van der Waals surface area contributed by atoms with E-state index in [1.165, 1.54) is 45.0 Å². The molecule has 1 unspecified atom stereocenters. The van der Waals surface area contributed by atoms with Crippen LogP contribution in [0.2, 0.25) is 0 Å². The maximum Gasteiger partial charge on any atom is 0.160 e. The lowest BCUT2D eigenvalue weighted by molar-refractivity contribution is 0.739. The molecule has 8 aromatic rings. The van der Waals surface area contributed by atoms with E-state index in [2.05, 4.69) is 164 Å². The molecule has 0 radical (unpaired) electrons. The smallest absolute Gasteiger partial charge is 0.160 e. The molecular weight excluding hydrogens is 749 g/mol. The molecule has 0 bridgehead atoms. The highest BCUT2D eigenvalue weighted by molar-refractivity contribution is 7.20. The molecule has 0 saturated heterocycles. The maximum atomic E-state index is 5.46. The number of para-hydroxylation sites is 1. The second kappa shape index (κ2) is 14.8. The first-order valence-corrected chi connectivity index (χ1v) is 22.0. The second-order valence-corrected chi connectivity index (χ2v) is 17.2. The minimum absolute atomic E-state index is 0.315. The van der Waals surface area contributed by atoms with Gasteiger partial charge in [0.05, 0.1) is 38.3 Å². The van der Waals surface area contributed by atoms with Crippen molar-refractivity contribution in [2.45, 2.75) is 46.0 Å². The molecule has 3 aliphatic rings. The molecule has 1 atom stereocenters. The highest BCUT2D eigenvalue weighted by atomic mass is 32.1. The quantitative estimate of drug-likeness (QED) is 0.161. The number of aryl methyl sites for hydroxylation is 1. The van der Waals surface area contributed by atoms with Gasteiger partial charge in [-0.3, -0.25) is 0 Å². The number of aromatic nitrogens is 4. The van der Waals surface area contributed by atoms with Gasteiger partial charge in [0.1, 0.15) is 5.01 Å². The molecule has 3 aromatic heterocycles. The third kappa shape index (κ3) is 5.98. The average molecular weight is 793 g/mol. The summed E-state index contributed by atoms with van der Waals surface area (Å²) in [5.41, 5.74) is 17.8. The molecule has 290 valence electrons. The molecule has 0 fully saturated rings. The predicted molar refractivity (Wildman–Crippen MR) is 253 cm³/mol. The molecule has 11 rings (SSSR count). The summed E-state index contributed by atoms with van der Waals surface area (Å²) in [6.07, 6.45) is 21.2. The van der Waals surface area contributed by atoms with Gasteiger partial charge in [-0.1, -0.05) is 140 Å². The molecule has 3 aliphatic carbocycles. The molecule has 0 aliphatic heterocycles. The van der Waals surface area contributed by atoms with E-state index in [1.807, 2.05) is 6.07 Å². The molecule has 3 heterocycles. The zero-order valence-corrected chi connectivity index (χ0v) is 34.8. The van der Waals surface area contributed by atoms with E-state index in [4.69, 9.17) is 21.5 Å². The zero-order valence-electron chi connectivity index (χ0n) is 34.0. The summed E-state index contributed by atoms with van der Waals surface area (Å²) in [4.78, 5) is 16.1. The van der Waals surface area contributed by atoms with Crippen molar-refractivity contribution in [1.29, 1.82) is 0 Å². The van der Waals surface area contributed by atoms with Gasteiger partial charge in [-0.25, -0.2) is 15.0 Å². The van der Waals surface area contributed by atoms with E-state index in [-0.39, 0.29) is 0 Å². The Morgan fingerprint density at radius 2 is 1.62 bits per heavy atom. The normalized spacial score (nSPS) is 16.2. The number of benzene rings is 5. The fourth-order valence-corrected chi connectivity index (χ4v) is 10.8. The molecule has 0 saturated carbocycles. The molecule has 0 spiro atoms. The number of hydrogen-bond acceptors (Lipinski definition) is 4. The van der Waals surface area contributed by atoms with Crippen LogP contribution in [0.5, 0.6) is 0 Å². The standard InChI is InChI=1S/C55H44N4S/c1-34-18-10-12-25-40(34)43-32-33-44-42-27-14-15-30-47(42)59(48-31-17-29-46-53(48)60-55(56-46)45-28-16-24-37-19-11-13-26-41(37)45)52(44)49(43)35(2)50-36(3)51(38-20-6-4-7-21-38)58-54(57-50)39-22-8-5-9-23-39/h5,8-20,22-25,27-33,41H,2,4,6-7,21,26H2,1,3H3. The van der Waals surface area contributed by atoms with Crippen molar-refractivity contribution < 1.29 is 0 Å². The Kier molecular flexibility index (Phi) is 9.01. The van der Waals surface area contributed by atoms with Crippen LogP contribution < -0.4 is 0 Å². The lowest BCUT2D eigenvalue weighted by Crippen LogP contribution is -2.09. The second-order valence-electron chi connectivity index (χ2n) is 16.2. The van der Waals surface area contributed by atoms with E-state index < -0.39 is 0 Å². The first-order chi connectivity index (χ1) is 29.5. The van der Waals surface area contributed by atoms with Crippen LogP contribution in [-0.4, -0.2) is 19.5 Å². The third-order valence-electron chi connectivity index (χ3n) is 12.7. The first kappa shape index (κ1) is 36.4. The Morgan fingerprint density at radius 3 is 2.48 bits per heavy atom. The van der Waals surface area contributed by atoms with Gasteiger partial charge < -0.3 is 4.57 Å². The van der Waals surface area contributed by atoms with Gasteiger partial charge in [-0.2, -0.15) is 0 Å². The lowest BCUT2D eigenvalue weighted by Gasteiger charge is -2.23. The van der Waals surface area contributed by atoms with Gasteiger partial charge in [0, 0.05) is 39.0 Å². The van der Waals surface area contributed by atoms with Crippen LogP contribution in [0.1, 0.15) is 65.2 Å². The van der Waals surface area contributed by atoms with E-state index in [0.29, 0.717) is 5.92 Å². The number of fused-ring (bicyclic) bond motifs is 5. The van der Waals surface area contributed by atoms with E-state index in [1.54, 1.807) is 11.3 Å². The van der Waals surface area contributed by atoms with Crippen molar-refractivity contribution in [2.24, 2.45) is 5.92 Å². The highest BCUT2D eigenvalue weighted by Gasteiger charge is 2.28. The summed E-state index contributed by atoms with van der Waals surface area (Å²) in [5.74, 6) is 1.04. The summed E-state index contributed by atoms with van der Waals surface area (Å²) < 4.78 is 3.65. The molecule has 5 aromatic carbocycles. The van der Waals surface area contributed by atoms with Crippen LogP contribution in [0.4, 0.5) is 0 Å². The summed E-state index contributed by atoms with van der Waals surface area (Å²) in [5, 5.41) is 3.45. The fraction of sp³-hybridized carbons (Fsp3) is 0.145. The highest BCUT2D eigenvalue weighted by Crippen LogP contribution is 2.47. The number of nitrogens with zero attached hydrogens (tertiary/aromatic N) is 4. The van der Waals surface area contributed by atoms with Crippen LogP contribution in [0.25, 0.3) is 76.9 Å². The van der Waals surface area contributed by atoms with Crippen LogP contribution in [0.15, 0.2) is 164 Å². The predicted octanol–water partition coefficient (Wildman–Crippen LogP) is 14.6. The van der Waals surface area contributed by atoms with Crippen LogP contribution in [0, 0.1) is 19.8 Å². The first-order valence-electron chi connectivity index (χ1n) is 21.1. The fourth-order valence-electron chi connectivity index (χ4n) is 9.68. The monoisotopic (exact) mass is 792 g/mol. The molecule has 60 heavy (non-hydrogen) atoms. The SMILES string of the molecule is C=C(c1nc(-c2ccccc2)nc(C2=CCCCC2)c1C)c1c(-c2ccccc2C)ccc2c3ccccc3n(-c3cccc4nc(C5=CC=CC6=CC=CCC65)sc34)c12. The van der Waals surface area contributed by atoms with E-state index in [0.717, 1.165) is 103 Å². The maximum absolute atomic E-state index is 5.46. The summed E-state index contributed by atoms with van der Waals surface area (Å²) >= 11 is 1.80. The minimum atomic E-state index is 0.315. The lowest BCUT2D eigenvalue weighted by atomic mass is 9.82. The van der Waals surface area contributed by atoms with Crippen LogP contribution in [-0.2, 0) is 0 Å². The summed E-state index contributed by atoms with van der Waals surface area (Å²) in [7, 11) is 0. The van der Waals surface area contributed by atoms with Gasteiger partial charge in [-0.05, 0) is 97.6 Å². The zero-order chi connectivity index (χ0) is 40.3. The Hall–Kier alpha value is -6.69. The van der Waals surface area contributed by atoms with Crippen LogP contribution >= 0.6 is 11.3 Å². The van der Waals surface area contributed by atoms with Crippen molar-refractivity contribution in [3.05, 3.63) is 197 Å². The Morgan fingerprint density at radius 1 is 0.767 bits per heavy atom. The molecule has 0 amide bonds.